The summed E-state index contributed by atoms with van der Waals surface area (Å²) in [5, 5.41) is 6.82. The summed E-state index contributed by atoms with van der Waals surface area (Å²) < 4.78 is 12.9. The molecule has 23 heavy (non-hydrogen) atoms. The van der Waals surface area contributed by atoms with Crippen molar-refractivity contribution in [3.05, 3.63) is 70.9 Å². The van der Waals surface area contributed by atoms with Crippen molar-refractivity contribution in [2.24, 2.45) is 5.10 Å². The van der Waals surface area contributed by atoms with E-state index in [2.05, 4.69) is 34.6 Å². The minimum atomic E-state index is -0.249. The van der Waals surface area contributed by atoms with Crippen molar-refractivity contribution in [3.63, 3.8) is 0 Å². The minimum absolute atomic E-state index is 0.249. The Hall–Kier alpha value is -2.53. The number of aryl methyl sites for hydroxylation is 1. The smallest absolute Gasteiger partial charge is 0.203 e. The third-order valence-electron chi connectivity index (χ3n) is 3.41. The molecule has 116 valence electrons. The van der Waals surface area contributed by atoms with E-state index in [1.165, 1.54) is 29.0 Å². The van der Waals surface area contributed by atoms with Crippen LogP contribution in [0.3, 0.4) is 0 Å². The van der Waals surface area contributed by atoms with Crippen LogP contribution in [0.4, 0.5) is 9.52 Å². The number of rotatable bonds is 5. The van der Waals surface area contributed by atoms with Crippen LogP contribution in [0.15, 0.2) is 59.0 Å². The normalized spacial score (nSPS) is 11.0. The molecule has 0 atom stereocenters. The molecule has 0 bridgehead atoms. The number of hydrogen-bond acceptors (Lipinski definition) is 4. The molecule has 0 spiro atoms. The van der Waals surface area contributed by atoms with Crippen LogP contribution in [0.5, 0.6) is 0 Å². The van der Waals surface area contributed by atoms with Gasteiger partial charge in [-0.25, -0.2) is 9.37 Å². The van der Waals surface area contributed by atoms with Crippen LogP contribution in [-0.2, 0) is 6.42 Å². The molecule has 0 aliphatic heterocycles. The maximum Gasteiger partial charge on any atom is 0.203 e. The number of halogens is 1. The molecule has 3 rings (SSSR count). The Morgan fingerprint density at radius 2 is 1.87 bits per heavy atom. The second-order valence-electron chi connectivity index (χ2n) is 5.01. The summed E-state index contributed by atoms with van der Waals surface area (Å²) >= 11 is 1.46. The molecule has 0 saturated heterocycles. The van der Waals surface area contributed by atoms with Gasteiger partial charge in [-0.15, -0.1) is 11.3 Å². The van der Waals surface area contributed by atoms with Crippen molar-refractivity contribution in [3.8, 4) is 11.3 Å². The SMILES string of the molecule is CCc1ccc(/C=N\Nc2nc(-c3ccc(F)cc3)cs2)cc1. The van der Waals surface area contributed by atoms with Gasteiger partial charge in [-0.05, 0) is 41.8 Å². The lowest BCUT2D eigenvalue weighted by Crippen LogP contribution is -1.90. The monoisotopic (exact) mass is 325 g/mol. The van der Waals surface area contributed by atoms with Crippen molar-refractivity contribution in [1.82, 2.24) is 4.98 Å². The van der Waals surface area contributed by atoms with Crippen LogP contribution in [0.2, 0.25) is 0 Å². The van der Waals surface area contributed by atoms with E-state index in [1.807, 2.05) is 17.5 Å². The maximum atomic E-state index is 12.9. The lowest BCUT2D eigenvalue weighted by atomic mass is 10.1. The average molecular weight is 325 g/mol. The number of aromatic nitrogens is 1. The van der Waals surface area contributed by atoms with Gasteiger partial charge in [0.25, 0.3) is 0 Å². The average Bonchev–Trinajstić information content (AvgIpc) is 3.05. The highest BCUT2D eigenvalue weighted by atomic mass is 32.1. The van der Waals surface area contributed by atoms with Gasteiger partial charge >= 0.3 is 0 Å². The van der Waals surface area contributed by atoms with Gasteiger partial charge < -0.3 is 0 Å². The Bertz CT molecular complexity index is 792. The lowest BCUT2D eigenvalue weighted by Gasteiger charge is -1.98. The Morgan fingerprint density at radius 3 is 2.57 bits per heavy atom. The molecule has 0 aliphatic carbocycles. The highest BCUT2D eigenvalue weighted by Crippen LogP contribution is 2.24. The number of thiazole rings is 1. The third-order valence-corrected chi connectivity index (χ3v) is 4.15. The Labute approximate surface area is 138 Å². The lowest BCUT2D eigenvalue weighted by molar-refractivity contribution is 0.628. The van der Waals surface area contributed by atoms with Crippen LogP contribution >= 0.6 is 11.3 Å². The van der Waals surface area contributed by atoms with Crippen molar-refractivity contribution < 1.29 is 4.39 Å². The van der Waals surface area contributed by atoms with Gasteiger partial charge in [0.15, 0.2) is 0 Å². The summed E-state index contributed by atoms with van der Waals surface area (Å²) in [4.78, 5) is 4.44. The number of benzene rings is 2. The molecule has 5 heteroatoms. The van der Waals surface area contributed by atoms with E-state index in [0.717, 1.165) is 23.2 Å². The minimum Gasteiger partial charge on any atom is -0.253 e. The summed E-state index contributed by atoms with van der Waals surface area (Å²) in [5.74, 6) is -0.249. The molecule has 2 aromatic carbocycles. The van der Waals surface area contributed by atoms with Gasteiger partial charge in [-0.2, -0.15) is 5.10 Å². The van der Waals surface area contributed by atoms with Crippen LogP contribution in [0.1, 0.15) is 18.1 Å². The summed E-state index contributed by atoms with van der Waals surface area (Å²) in [6, 6.07) is 14.6. The van der Waals surface area contributed by atoms with Crippen LogP contribution in [0, 0.1) is 5.82 Å². The summed E-state index contributed by atoms with van der Waals surface area (Å²) in [6.45, 7) is 2.13. The number of hydrazone groups is 1. The van der Waals surface area contributed by atoms with Gasteiger partial charge in [-0.1, -0.05) is 31.2 Å². The van der Waals surface area contributed by atoms with E-state index in [4.69, 9.17) is 0 Å². The first-order chi connectivity index (χ1) is 11.2. The van der Waals surface area contributed by atoms with Crippen molar-refractivity contribution in [1.29, 1.82) is 0 Å². The molecular formula is C18H16FN3S. The summed E-state index contributed by atoms with van der Waals surface area (Å²) in [5.41, 5.74) is 6.95. The number of nitrogens with one attached hydrogen (secondary N) is 1. The highest BCUT2D eigenvalue weighted by Gasteiger charge is 2.03. The quantitative estimate of drug-likeness (QED) is 0.532. The molecule has 0 radical (unpaired) electrons. The number of nitrogens with zero attached hydrogens (tertiary/aromatic N) is 2. The Morgan fingerprint density at radius 1 is 1.13 bits per heavy atom. The van der Waals surface area contributed by atoms with Gasteiger partial charge in [-0.3, -0.25) is 5.43 Å². The van der Waals surface area contributed by atoms with E-state index < -0.39 is 0 Å². The van der Waals surface area contributed by atoms with E-state index in [1.54, 1.807) is 18.3 Å². The fourth-order valence-corrected chi connectivity index (χ4v) is 2.75. The van der Waals surface area contributed by atoms with E-state index in [-0.39, 0.29) is 5.82 Å². The molecule has 0 fully saturated rings. The topological polar surface area (TPSA) is 37.3 Å². The number of anilines is 1. The van der Waals surface area contributed by atoms with Gasteiger partial charge in [0.2, 0.25) is 5.13 Å². The van der Waals surface area contributed by atoms with Crippen LogP contribution in [0.25, 0.3) is 11.3 Å². The number of hydrogen-bond donors (Lipinski definition) is 1. The molecule has 0 amide bonds. The van der Waals surface area contributed by atoms with E-state index in [0.29, 0.717) is 5.13 Å². The first kappa shape index (κ1) is 15.4. The zero-order valence-electron chi connectivity index (χ0n) is 12.7. The largest absolute Gasteiger partial charge is 0.253 e. The third kappa shape index (κ3) is 4.02. The van der Waals surface area contributed by atoms with Gasteiger partial charge in [0.05, 0.1) is 11.9 Å². The van der Waals surface area contributed by atoms with Gasteiger partial charge in [0.1, 0.15) is 5.82 Å². The van der Waals surface area contributed by atoms with Crippen LogP contribution in [-0.4, -0.2) is 11.2 Å². The zero-order chi connectivity index (χ0) is 16.1. The molecule has 0 unspecified atom stereocenters. The summed E-state index contributed by atoms with van der Waals surface area (Å²) in [7, 11) is 0. The van der Waals surface area contributed by atoms with Gasteiger partial charge in [0, 0.05) is 10.9 Å². The molecule has 1 heterocycles. The standard InChI is InChI=1S/C18H16FN3S/c1-2-13-3-5-14(6-4-13)11-20-22-18-21-17(12-23-18)15-7-9-16(19)10-8-15/h3-12H,2H2,1H3,(H,21,22)/b20-11-. The first-order valence-electron chi connectivity index (χ1n) is 7.34. The molecule has 0 saturated carbocycles. The van der Waals surface area contributed by atoms with Crippen molar-refractivity contribution >= 4 is 22.7 Å². The van der Waals surface area contributed by atoms with Crippen LogP contribution < -0.4 is 5.43 Å². The maximum absolute atomic E-state index is 12.9. The second kappa shape index (κ2) is 7.15. The first-order valence-corrected chi connectivity index (χ1v) is 8.22. The molecule has 1 N–H and O–H groups in total. The fraction of sp³-hybridized carbons (Fsp3) is 0.111. The highest BCUT2D eigenvalue weighted by molar-refractivity contribution is 7.14. The Balaban J connectivity index is 1.64. The molecular weight excluding hydrogens is 309 g/mol. The molecule has 3 nitrogen and oxygen atoms in total. The van der Waals surface area contributed by atoms with E-state index in [9.17, 15) is 4.39 Å². The van der Waals surface area contributed by atoms with Crippen molar-refractivity contribution in [2.45, 2.75) is 13.3 Å². The summed E-state index contributed by atoms with van der Waals surface area (Å²) in [6.07, 6.45) is 2.79. The molecule has 3 aromatic rings. The fourth-order valence-electron chi connectivity index (χ4n) is 2.08. The predicted octanol–water partition coefficient (Wildman–Crippen LogP) is 4.96. The zero-order valence-corrected chi connectivity index (χ0v) is 13.5. The van der Waals surface area contributed by atoms with Crippen molar-refractivity contribution in [2.75, 3.05) is 5.43 Å². The molecule has 1 aromatic heterocycles. The van der Waals surface area contributed by atoms with E-state index >= 15 is 0 Å². The Kier molecular flexibility index (Phi) is 4.78. The molecule has 0 aliphatic rings. The predicted molar refractivity (Wildman–Crippen MR) is 94.5 cm³/mol. The second-order valence-corrected chi connectivity index (χ2v) is 5.87.